The lowest BCUT2D eigenvalue weighted by Crippen LogP contribution is -2.00. The molecule has 1 N–H and O–H groups in total. The largest absolute Gasteiger partial charge is 0.321 e. The van der Waals surface area contributed by atoms with Crippen LogP contribution in [-0.4, -0.2) is 19.7 Å². The highest BCUT2D eigenvalue weighted by Crippen LogP contribution is 2.18. The standard InChI is InChI=1S/C14H11BrClN5/c15-11-5-17-14(18-6-11)20-12-7-19-21(9-12)8-10-3-1-2-4-13(10)16/h1-7,9H,8H2,(H,17,18,20). The highest BCUT2D eigenvalue weighted by molar-refractivity contribution is 9.10. The SMILES string of the molecule is Clc1ccccc1Cn1cc(Nc2ncc(Br)cn2)cn1. The molecular formula is C14H11BrClN5. The van der Waals surface area contributed by atoms with Gasteiger partial charge in [0.25, 0.3) is 0 Å². The van der Waals surface area contributed by atoms with Crippen molar-refractivity contribution in [3.63, 3.8) is 0 Å². The lowest BCUT2D eigenvalue weighted by Gasteiger charge is -2.04. The van der Waals surface area contributed by atoms with Gasteiger partial charge in [-0.15, -0.1) is 0 Å². The maximum atomic E-state index is 6.14. The number of aromatic nitrogens is 4. The molecule has 0 aliphatic heterocycles. The van der Waals surface area contributed by atoms with Gasteiger partial charge in [0.1, 0.15) is 0 Å². The first kappa shape index (κ1) is 14.0. The average molecular weight is 365 g/mol. The molecule has 5 nitrogen and oxygen atoms in total. The molecule has 0 amide bonds. The fourth-order valence-corrected chi connectivity index (χ4v) is 2.22. The Kier molecular flexibility index (Phi) is 4.17. The van der Waals surface area contributed by atoms with Crippen LogP contribution in [0.3, 0.4) is 0 Å². The zero-order valence-corrected chi connectivity index (χ0v) is 13.2. The van der Waals surface area contributed by atoms with Gasteiger partial charge in [0, 0.05) is 23.6 Å². The molecule has 106 valence electrons. The van der Waals surface area contributed by atoms with Gasteiger partial charge in [-0.05, 0) is 27.6 Å². The predicted molar refractivity (Wildman–Crippen MR) is 85.8 cm³/mol. The third-order valence-corrected chi connectivity index (χ3v) is 3.58. The van der Waals surface area contributed by atoms with E-state index < -0.39 is 0 Å². The first-order valence-electron chi connectivity index (χ1n) is 6.21. The molecule has 3 aromatic rings. The van der Waals surface area contributed by atoms with Gasteiger partial charge >= 0.3 is 0 Å². The minimum absolute atomic E-state index is 0.524. The van der Waals surface area contributed by atoms with Crippen LogP contribution in [0.5, 0.6) is 0 Å². The van der Waals surface area contributed by atoms with Gasteiger partial charge in [0.2, 0.25) is 5.95 Å². The van der Waals surface area contributed by atoms with E-state index in [0.717, 1.165) is 20.7 Å². The van der Waals surface area contributed by atoms with Gasteiger partial charge < -0.3 is 5.32 Å². The van der Waals surface area contributed by atoms with Crippen LogP contribution in [0.2, 0.25) is 5.02 Å². The summed E-state index contributed by atoms with van der Waals surface area (Å²) in [7, 11) is 0. The molecule has 0 radical (unpaired) electrons. The monoisotopic (exact) mass is 363 g/mol. The summed E-state index contributed by atoms with van der Waals surface area (Å²) in [5.74, 6) is 0.524. The summed E-state index contributed by atoms with van der Waals surface area (Å²) in [6.07, 6.45) is 6.98. The number of benzene rings is 1. The van der Waals surface area contributed by atoms with Crippen molar-refractivity contribution >= 4 is 39.2 Å². The summed E-state index contributed by atoms with van der Waals surface area (Å²) in [5.41, 5.74) is 1.85. The molecule has 0 saturated heterocycles. The molecule has 7 heteroatoms. The van der Waals surface area contributed by atoms with E-state index in [2.05, 4.69) is 36.3 Å². The molecule has 0 atom stereocenters. The predicted octanol–water partition coefficient (Wildman–Crippen LogP) is 3.88. The van der Waals surface area contributed by atoms with Gasteiger partial charge in [0.15, 0.2) is 0 Å². The molecule has 3 rings (SSSR count). The van der Waals surface area contributed by atoms with E-state index in [-0.39, 0.29) is 0 Å². The smallest absolute Gasteiger partial charge is 0.227 e. The number of halogens is 2. The first-order chi connectivity index (χ1) is 10.2. The molecule has 0 bridgehead atoms. The molecule has 2 aromatic heterocycles. The molecule has 0 unspecified atom stereocenters. The maximum Gasteiger partial charge on any atom is 0.227 e. The Morgan fingerprint density at radius 1 is 1.14 bits per heavy atom. The number of anilines is 2. The molecule has 0 spiro atoms. The second kappa shape index (κ2) is 6.24. The van der Waals surface area contributed by atoms with Crippen LogP contribution in [0.4, 0.5) is 11.6 Å². The minimum atomic E-state index is 0.524. The summed E-state index contributed by atoms with van der Waals surface area (Å²) in [4.78, 5) is 8.31. The third-order valence-electron chi connectivity index (χ3n) is 2.80. The van der Waals surface area contributed by atoms with E-state index in [1.54, 1.807) is 18.6 Å². The van der Waals surface area contributed by atoms with E-state index >= 15 is 0 Å². The Labute approximate surface area is 135 Å². The van der Waals surface area contributed by atoms with Gasteiger partial charge in [0.05, 0.1) is 22.9 Å². The maximum absolute atomic E-state index is 6.14. The van der Waals surface area contributed by atoms with E-state index in [0.29, 0.717) is 12.5 Å². The second-order valence-electron chi connectivity index (χ2n) is 4.37. The Morgan fingerprint density at radius 2 is 1.90 bits per heavy atom. The van der Waals surface area contributed by atoms with E-state index in [4.69, 9.17) is 11.6 Å². The van der Waals surface area contributed by atoms with E-state index in [1.165, 1.54) is 0 Å². The van der Waals surface area contributed by atoms with Crippen molar-refractivity contribution in [3.8, 4) is 0 Å². The second-order valence-corrected chi connectivity index (χ2v) is 5.69. The minimum Gasteiger partial charge on any atom is -0.321 e. The van der Waals surface area contributed by atoms with Gasteiger partial charge in [-0.1, -0.05) is 29.8 Å². The van der Waals surface area contributed by atoms with Gasteiger partial charge in [-0.2, -0.15) is 5.10 Å². The number of hydrogen-bond donors (Lipinski definition) is 1. The number of nitrogens with one attached hydrogen (secondary N) is 1. The molecule has 2 heterocycles. The summed E-state index contributed by atoms with van der Waals surface area (Å²) in [6, 6.07) is 7.72. The van der Waals surface area contributed by atoms with Gasteiger partial charge in [-0.25, -0.2) is 9.97 Å². The van der Waals surface area contributed by atoms with Gasteiger partial charge in [-0.3, -0.25) is 4.68 Å². The fraction of sp³-hybridized carbons (Fsp3) is 0.0714. The third kappa shape index (κ3) is 3.59. The summed E-state index contributed by atoms with van der Waals surface area (Å²) in [6.45, 7) is 0.614. The normalized spacial score (nSPS) is 10.6. The van der Waals surface area contributed by atoms with Crippen LogP contribution in [0.1, 0.15) is 5.56 Å². The first-order valence-corrected chi connectivity index (χ1v) is 7.38. The van der Waals surface area contributed by atoms with Crippen LogP contribution in [-0.2, 0) is 6.54 Å². The van der Waals surface area contributed by atoms with Crippen LogP contribution < -0.4 is 5.32 Å². The highest BCUT2D eigenvalue weighted by atomic mass is 79.9. The number of nitrogens with zero attached hydrogens (tertiary/aromatic N) is 4. The molecule has 0 aliphatic carbocycles. The molecular weight excluding hydrogens is 354 g/mol. The average Bonchev–Trinajstić information content (AvgIpc) is 2.91. The summed E-state index contributed by atoms with van der Waals surface area (Å²) in [5, 5.41) is 8.12. The van der Waals surface area contributed by atoms with Crippen molar-refractivity contribution in [2.75, 3.05) is 5.32 Å². The Bertz CT molecular complexity index is 741. The molecule has 0 aliphatic rings. The Hall–Kier alpha value is -1.92. The zero-order chi connectivity index (χ0) is 14.7. The van der Waals surface area contributed by atoms with Crippen molar-refractivity contribution in [3.05, 3.63) is 64.1 Å². The van der Waals surface area contributed by atoms with Crippen molar-refractivity contribution in [1.82, 2.24) is 19.7 Å². The Balaban J connectivity index is 1.72. The molecule has 21 heavy (non-hydrogen) atoms. The van der Waals surface area contributed by atoms with Crippen LogP contribution in [0.25, 0.3) is 0 Å². The molecule has 0 saturated carbocycles. The van der Waals surface area contributed by atoms with E-state index in [9.17, 15) is 0 Å². The fourth-order valence-electron chi connectivity index (χ4n) is 1.82. The van der Waals surface area contributed by atoms with E-state index in [1.807, 2.05) is 35.1 Å². The van der Waals surface area contributed by atoms with Crippen LogP contribution in [0.15, 0.2) is 53.5 Å². The summed E-state index contributed by atoms with van der Waals surface area (Å²) < 4.78 is 2.64. The van der Waals surface area contributed by atoms with Crippen molar-refractivity contribution in [2.45, 2.75) is 6.54 Å². The lowest BCUT2D eigenvalue weighted by atomic mass is 10.2. The number of rotatable bonds is 4. The quantitative estimate of drug-likeness (QED) is 0.763. The molecule has 1 aromatic carbocycles. The Morgan fingerprint density at radius 3 is 2.67 bits per heavy atom. The lowest BCUT2D eigenvalue weighted by molar-refractivity contribution is 0.687. The zero-order valence-electron chi connectivity index (χ0n) is 10.9. The van der Waals surface area contributed by atoms with Crippen LogP contribution in [0, 0.1) is 0 Å². The topological polar surface area (TPSA) is 55.6 Å². The highest BCUT2D eigenvalue weighted by Gasteiger charge is 2.04. The summed E-state index contributed by atoms with van der Waals surface area (Å²) >= 11 is 9.44. The van der Waals surface area contributed by atoms with Crippen molar-refractivity contribution < 1.29 is 0 Å². The van der Waals surface area contributed by atoms with Crippen molar-refractivity contribution in [2.24, 2.45) is 0 Å². The molecule has 0 fully saturated rings. The van der Waals surface area contributed by atoms with Crippen LogP contribution >= 0.6 is 27.5 Å². The number of hydrogen-bond acceptors (Lipinski definition) is 4. The van der Waals surface area contributed by atoms with Crippen molar-refractivity contribution in [1.29, 1.82) is 0 Å².